The minimum atomic E-state index is -1.79. The fraction of sp³-hybridized carbons (Fsp3) is 0.878. The first-order chi connectivity index (χ1) is 51.1. The van der Waals surface area contributed by atoms with E-state index in [2.05, 4.69) is 67.8 Å². The number of carbonyl (C=O) groups excluding carboxylic acids is 1. The smallest absolute Gasteiger partial charge is 0.220 e. The van der Waals surface area contributed by atoms with E-state index in [1.54, 1.807) is 6.08 Å². The van der Waals surface area contributed by atoms with E-state index in [1.165, 1.54) is 321 Å². The molecule has 0 aromatic carbocycles. The summed E-state index contributed by atoms with van der Waals surface area (Å²) in [6.07, 6.45) is 84.8. The maximum absolute atomic E-state index is 13.4. The van der Waals surface area contributed by atoms with Crippen LogP contribution in [0.25, 0.3) is 0 Å². The number of amides is 1. The molecule has 0 radical (unpaired) electrons. The molecule has 104 heavy (non-hydrogen) atoms. The summed E-state index contributed by atoms with van der Waals surface area (Å²) >= 11 is 0. The van der Waals surface area contributed by atoms with Crippen molar-refractivity contribution in [1.29, 1.82) is 0 Å². The van der Waals surface area contributed by atoms with Crippen molar-refractivity contribution in [1.82, 2.24) is 5.32 Å². The van der Waals surface area contributed by atoms with Crippen molar-refractivity contribution >= 4 is 5.91 Å². The molecular weight excluding hydrogens is 1300 g/mol. The van der Waals surface area contributed by atoms with Crippen LogP contribution in [0.1, 0.15) is 412 Å². The second-order valence-electron chi connectivity index (χ2n) is 31.4. The van der Waals surface area contributed by atoms with Gasteiger partial charge >= 0.3 is 0 Å². The molecule has 2 fully saturated rings. The Morgan fingerprint density at radius 2 is 0.663 bits per heavy atom. The van der Waals surface area contributed by atoms with Crippen LogP contribution in [-0.4, -0.2) is 140 Å². The van der Waals surface area contributed by atoms with Gasteiger partial charge in [-0.1, -0.05) is 408 Å². The van der Waals surface area contributed by atoms with Gasteiger partial charge < -0.3 is 65.1 Å². The number of ether oxygens (including phenoxy) is 4. The molecule has 0 spiro atoms. The lowest BCUT2D eigenvalue weighted by molar-refractivity contribution is -0.359. The van der Waals surface area contributed by atoms with Gasteiger partial charge in [-0.15, -0.1) is 0 Å². The Morgan fingerprint density at radius 1 is 0.356 bits per heavy atom. The van der Waals surface area contributed by atoms with Crippen molar-refractivity contribution in [3.8, 4) is 0 Å². The van der Waals surface area contributed by atoms with Crippen molar-refractivity contribution in [3.05, 3.63) is 60.8 Å². The van der Waals surface area contributed by atoms with Gasteiger partial charge in [0.25, 0.3) is 0 Å². The topological polar surface area (TPSA) is 228 Å². The average Bonchev–Trinajstić information content (AvgIpc) is 0.790. The molecule has 0 aromatic rings. The molecule has 0 bridgehead atoms. The molecule has 12 unspecified atom stereocenters. The van der Waals surface area contributed by atoms with Crippen molar-refractivity contribution in [3.63, 3.8) is 0 Å². The Balaban J connectivity index is 1.56. The highest BCUT2D eigenvalue weighted by Gasteiger charge is 2.51. The zero-order chi connectivity index (χ0) is 75.1. The number of nitrogens with one attached hydrogen (secondary N) is 1. The largest absolute Gasteiger partial charge is 0.394 e. The number of hydrogen-bond acceptors (Lipinski definition) is 13. The van der Waals surface area contributed by atoms with Gasteiger partial charge in [-0.05, 0) is 57.8 Å². The number of allylic oxidation sites excluding steroid dienone is 9. The molecule has 9 N–H and O–H groups in total. The van der Waals surface area contributed by atoms with E-state index in [-0.39, 0.29) is 18.9 Å². The van der Waals surface area contributed by atoms with Crippen LogP contribution >= 0.6 is 0 Å². The number of aliphatic hydroxyl groups excluding tert-OH is 8. The summed E-state index contributed by atoms with van der Waals surface area (Å²) in [4.78, 5) is 13.4. The number of carbonyl (C=O) groups is 1. The van der Waals surface area contributed by atoms with Crippen molar-refractivity contribution in [2.24, 2.45) is 0 Å². The molecule has 14 nitrogen and oxygen atoms in total. The van der Waals surface area contributed by atoms with Crippen LogP contribution < -0.4 is 5.32 Å². The monoisotopic (exact) mass is 1470 g/mol. The zero-order valence-electron chi connectivity index (χ0n) is 67.3. The summed E-state index contributed by atoms with van der Waals surface area (Å²) in [6, 6.07) is -0.917. The molecule has 2 aliphatic heterocycles. The van der Waals surface area contributed by atoms with Crippen LogP contribution in [0, 0.1) is 0 Å². The van der Waals surface area contributed by atoms with Crippen LogP contribution in [-0.2, 0) is 23.7 Å². The van der Waals surface area contributed by atoms with Crippen LogP contribution in [0.4, 0.5) is 0 Å². The molecule has 2 rings (SSSR count). The first-order valence-electron chi connectivity index (χ1n) is 44.5. The minimum Gasteiger partial charge on any atom is -0.394 e. The quantitative estimate of drug-likeness (QED) is 0.0204. The van der Waals surface area contributed by atoms with Gasteiger partial charge in [-0.2, -0.15) is 0 Å². The van der Waals surface area contributed by atoms with E-state index in [4.69, 9.17) is 18.9 Å². The lowest BCUT2D eigenvalue weighted by atomic mass is 9.97. The third-order valence-electron chi connectivity index (χ3n) is 21.7. The highest BCUT2D eigenvalue weighted by atomic mass is 16.7. The zero-order valence-corrected chi connectivity index (χ0v) is 67.3. The first kappa shape index (κ1) is 97.8. The third kappa shape index (κ3) is 55.1. The maximum atomic E-state index is 13.4. The van der Waals surface area contributed by atoms with Gasteiger partial charge in [0.15, 0.2) is 12.6 Å². The van der Waals surface area contributed by atoms with E-state index in [0.29, 0.717) is 6.42 Å². The molecule has 2 saturated heterocycles. The summed E-state index contributed by atoms with van der Waals surface area (Å²) in [5.74, 6) is -0.231. The molecule has 0 saturated carbocycles. The number of unbranched alkanes of at least 4 members (excludes halogenated alkanes) is 55. The normalized spacial score (nSPS) is 21.7. The Hall–Kier alpha value is -2.31. The molecule has 2 heterocycles. The first-order valence-corrected chi connectivity index (χ1v) is 44.5. The SMILES string of the molecule is CC/C=C\C/C=C\C/C=C\C/C=C\CCCCCCCCCCCCCCCCCCCCCCCCCCC(=O)NC(COC1OC(CO)C(OC2OC(CO)C(O)C(O)C2O)C(O)C1O)C(O)/C=C/CCCCCCCCCCCCCCCCCCCCCCCCCCCCCCCCC. The molecule has 0 aliphatic carbocycles. The molecular formula is C90H167NO13. The Labute approximate surface area is 638 Å². The van der Waals surface area contributed by atoms with Crippen molar-refractivity contribution < 1.29 is 64.6 Å². The Morgan fingerprint density at radius 3 is 1.02 bits per heavy atom. The lowest BCUT2D eigenvalue weighted by Gasteiger charge is -2.46. The predicted molar refractivity (Wildman–Crippen MR) is 434 cm³/mol. The lowest BCUT2D eigenvalue weighted by Crippen LogP contribution is -2.65. The number of rotatable bonds is 76. The van der Waals surface area contributed by atoms with E-state index in [1.807, 2.05) is 6.08 Å². The van der Waals surface area contributed by atoms with Gasteiger partial charge in [0.1, 0.15) is 48.8 Å². The molecule has 610 valence electrons. The fourth-order valence-corrected chi connectivity index (χ4v) is 14.8. The van der Waals surface area contributed by atoms with E-state index < -0.39 is 86.8 Å². The van der Waals surface area contributed by atoms with Gasteiger partial charge in [0.05, 0.1) is 32.0 Å². The Bertz CT molecular complexity index is 1980. The van der Waals surface area contributed by atoms with Crippen molar-refractivity contribution in [2.45, 2.75) is 485 Å². The van der Waals surface area contributed by atoms with Crippen LogP contribution in [0.2, 0.25) is 0 Å². The van der Waals surface area contributed by atoms with Gasteiger partial charge in [-0.3, -0.25) is 4.79 Å². The summed E-state index contributed by atoms with van der Waals surface area (Å²) in [6.45, 7) is 2.76. The molecule has 14 heteroatoms. The van der Waals surface area contributed by atoms with Crippen LogP contribution in [0.15, 0.2) is 60.8 Å². The summed E-state index contributed by atoms with van der Waals surface area (Å²) in [5.41, 5.74) is 0. The highest BCUT2D eigenvalue weighted by Crippen LogP contribution is 2.31. The second-order valence-corrected chi connectivity index (χ2v) is 31.4. The fourth-order valence-electron chi connectivity index (χ4n) is 14.8. The summed E-state index contributed by atoms with van der Waals surface area (Å²) < 4.78 is 23.0. The average molecular weight is 1470 g/mol. The molecule has 1 amide bonds. The number of aliphatic hydroxyl groups is 8. The van der Waals surface area contributed by atoms with Gasteiger partial charge in [0, 0.05) is 6.42 Å². The van der Waals surface area contributed by atoms with Crippen molar-refractivity contribution in [2.75, 3.05) is 19.8 Å². The molecule has 0 aromatic heterocycles. The van der Waals surface area contributed by atoms with Crippen LogP contribution in [0.3, 0.4) is 0 Å². The van der Waals surface area contributed by atoms with E-state index in [0.717, 1.165) is 64.2 Å². The van der Waals surface area contributed by atoms with Crippen LogP contribution in [0.5, 0.6) is 0 Å². The number of hydrogen-bond donors (Lipinski definition) is 9. The highest BCUT2D eigenvalue weighted by molar-refractivity contribution is 5.76. The van der Waals surface area contributed by atoms with Gasteiger partial charge in [0.2, 0.25) is 5.91 Å². The third-order valence-corrected chi connectivity index (χ3v) is 21.7. The summed E-state index contributed by atoms with van der Waals surface area (Å²) in [7, 11) is 0. The Kier molecular flexibility index (Phi) is 69.1. The molecule has 2 aliphatic rings. The van der Waals surface area contributed by atoms with E-state index >= 15 is 0 Å². The minimum absolute atomic E-state index is 0.231. The molecule has 12 atom stereocenters. The summed E-state index contributed by atoms with van der Waals surface area (Å²) in [5, 5.41) is 87.9. The standard InChI is InChI=1S/C90H167NO13/c1-3-5-7-9-11-13-15-17-19-21-23-25-27-29-31-33-35-37-38-39-40-42-44-46-48-50-52-54-56-58-60-62-64-66-68-70-72-74-82(95)91-78(77-101-89-87(100)85(98)88(81(76-93)103-89)104-90-86(99)84(97)83(96)80(75-92)102-90)79(94)73-71-69-67-65-63-61-59-57-55-53-51-49-47-45-43-41-36-34-32-30-28-26-24-22-20-18-16-14-12-10-8-6-4-2/h5,7,11,13,17,19,23,25,71,73,78-81,83-90,92-94,96-100H,3-4,6,8-10,12,14-16,18,20-22,24,26-70,72,74-77H2,1-2H3,(H,91,95)/b7-5-,13-11-,19-17-,25-23-,73-71+. The second kappa shape index (κ2) is 73.5. The van der Waals surface area contributed by atoms with Gasteiger partial charge in [-0.25, -0.2) is 0 Å². The maximum Gasteiger partial charge on any atom is 0.220 e. The van der Waals surface area contributed by atoms with E-state index in [9.17, 15) is 45.6 Å². The predicted octanol–water partition coefficient (Wildman–Crippen LogP) is 21.5.